The van der Waals surface area contributed by atoms with Gasteiger partial charge in [0.2, 0.25) is 0 Å². The molecule has 18 heavy (non-hydrogen) atoms. The molecule has 4 aliphatic rings. The van der Waals surface area contributed by atoms with Crippen LogP contribution in [0.15, 0.2) is 11.1 Å². The van der Waals surface area contributed by atoms with Crippen molar-refractivity contribution < 1.29 is 9.59 Å². The van der Waals surface area contributed by atoms with Crippen molar-refractivity contribution in [2.45, 2.75) is 52.9 Å². The molecule has 98 valence electrons. The molecule has 2 unspecified atom stereocenters. The highest BCUT2D eigenvalue weighted by atomic mass is 16.1. The third-order valence-electron chi connectivity index (χ3n) is 5.37. The second-order valence-electron chi connectivity index (χ2n) is 7.10. The quantitative estimate of drug-likeness (QED) is 0.425. The summed E-state index contributed by atoms with van der Waals surface area (Å²) in [6, 6.07) is 0. The molecule has 0 radical (unpaired) electrons. The van der Waals surface area contributed by atoms with Gasteiger partial charge in [-0.2, -0.15) is 0 Å². The van der Waals surface area contributed by atoms with E-state index in [1.807, 2.05) is 0 Å². The Morgan fingerprint density at radius 2 is 1.50 bits per heavy atom. The van der Waals surface area contributed by atoms with Gasteiger partial charge in [0.1, 0.15) is 0 Å². The van der Waals surface area contributed by atoms with Crippen LogP contribution in [0.4, 0.5) is 0 Å². The first-order valence-electron chi connectivity index (χ1n) is 7.15. The second-order valence-corrected chi connectivity index (χ2v) is 7.10. The van der Waals surface area contributed by atoms with Gasteiger partial charge in [-0.05, 0) is 74.7 Å². The summed E-state index contributed by atoms with van der Waals surface area (Å²) >= 11 is 0. The Bertz CT molecular complexity index is 424. The largest absolute Gasteiger partial charge is 0.294 e. The van der Waals surface area contributed by atoms with Crippen molar-refractivity contribution >= 4 is 11.6 Å². The van der Waals surface area contributed by atoms with E-state index in [0.717, 1.165) is 5.92 Å². The van der Waals surface area contributed by atoms with Crippen LogP contribution in [-0.4, -0.2) is 11.6 Å². The zero-order valence-corrected chi connectivity index (χ0v) is 11.6. The SMILES string of the molecule is CC(=O)C(C(C)=O)=C1C2CC3CC1CC(C)(C3)C2. The lowest BCUT2D eigenvalue weighted by Gasteiger charge is -2.57. The molecule has 0 aliphatic heterocycles. The maximum atomic E-state index is 11.8. The fourth-order valence-corrected chi connectivity index (χ4v) is 5.24. The summed E-state index contributed by atoms with van der Waals surface area (Å²) in [4.78, 5) is 23.6. The van der Waals surface area contributed by atoms with Crippen LogP contribution in [0.1, 0.15) is 52.9 Å². The topological polar surface area (TPSA) is 34.1 Å². The van der Waals surface area contributed by atoms with E-state index >= 15 is 0 Å². The fourth-order valence-electron chi connectivity index (χ4n) is 5.24. The van der Waals surface area contributed by atoms with Crippen molar-refractivity contribution in [1.29, 1.82) is 0 Å². The maximum Gasteiger partial charge on any atom is 0.163 e. The van der Waals surface area contributed by atoms with E-state index in [9.17, 15) is 9.59 Å². The Hall–Kier alpha value is -0.920. The van der Waals surface area contributed by atoms with Crippen LogP contribution in [0.2, 0.25) is 0 Å². The number of hydrogen-bond donors (Lipinski definition) is 0. The van der Waals surface area contributed by atoms with Gasteiger partial charge >= 0.3 is 0 Å². The van der Waals surface area contributed by atoms with Gasteiger partial charge in [0.05, 0.1) is 5.57 Å². The molecule has 0 saturated heterocycles. The number of carbonyl (C=O) groups is 2. The second kappa shape index (κ2) is 3.79. The molecular formula is C16H22O2. The number of hydrogen-bond acceptors (Lipinski definition) is 2. The van der Waals surface area contributed by atoms with Crippen molar-refractivity contribution in [3.05, 3.63) is 11.1 Å². The first-order chi connectivity index (χ1) is 8.39. The molecular weight excluding hydrogens is 224 g/mol. The molecule has 4 rings (SSSR count). The van der Waals surface area contributed by atoms with Gasteiger partial charge in [-0.25, -0.2) is 0 Å². The number of ketones is 2. The van der Waals surface area contributed by atoms with Crippen LogP contribution >= 0.6 is 0 Å². The van der Waals surface area contributed by atoms with Crippen molar-refractivity contribution in [3.63, 3.8) is 0 Å². The van der Waals surface area contributed by atoms with E-state index in [1.54, 1.807) is 13.8 Å². The summed E-state index contributed by atoms with van der Waals surface area (Å²) in [6.45, 7) is 5.50. The Labute approximate surface area is 109 Å². The number of Topliss-reactive ketones (excluding diaryl/α,β-unsaturated/α-hetero) is 2. The van der Waals surface area contributed by atoms with Crippen LogP contribution in [0.5, 0.6) is 0 Å². The lowest BCUT2D eigenvalue weighted by Crippen LogP contribution is -2.47. The number of carbonyl (C=O) groups excluding carboxylic acids is 2. The lowest BCUT2D eigenvalue weighted by atomic mass is 9.48. The van der Waals surface area contributed by atoms with Crippen LogP contribution in [0, 0.1) is 23.2 Å². The molecule has 2 nitrogen and oxygen atoms in total. The molecule has 0 N–H and O–H groups in total. The van der Waals surface area contributed by atoms with Gasteiger partial charge in [-0.15, -0.1) is 0 Å². The van der Waals surface area contributed by atoms with Crippen LogP contribution in [0.3, 0.4) is 0 Å². The Kier molecular flexibility index (Phi) is 2.55. The number of rotatable bonds is 2. The van der Waals surface area contributed by atoms with E-state index in [4.69, 9.17) is 0 Å². The van der Waals surface area contributed by atoms with E-state index < -0.39 is 0 Å². The summed E-state index contributed by atoms with van der Waals surface area (Å²) in [6.07, 6.45) is 6.18. The summed E-state index contributed by atoms with van der Waals surface area (Å²) in [5.74, 6) is 1.84. The monoisotopic (exact) mass is 246 g/mol. The molecule has 0 heterocycles. The van der Waals surface area contributed by atoms with Gasteiger partial charge in [0, 0.05) is 0 Å². The minimum Gasteiger partial charge on any atom is -0.294 e. The Morgan fingerprint density at radius 1 is 1.00 bits per heavy atom. The zero-order chi connectivity index (χ0) is 13.1. The van der Waals surface area contributed by atoms with Gasteiger partial charge < -0.3 is 0 Å². The van der Waals surface area contributed by atoms with Gasteiger partial charge in [-0.1, -0.05) is 6.92 Å². The molecule has 0 spiro atoms. The molecule has 4 bridgehead atoms. The molecule has 0 aromatic heterocycles. The standard InChI is InChI=1S/C16H22O2/c1-9(17)14(10(2)18)15-12-4-11-5-13(15)8-16(3,6-11)7-12/h11-13H,4-8H2,1-3H3. The molecule has 0 aromatic rings. The molecule has 4 saturated carbocycles. The highest BCUT2D eigenvalue weighted by Crippen LogP contribution is 2.62. The lowest BCUT2D eigenvalue weighted by molar-refractivity contribution is -0.119. The average molecular weight is 246 g/mol. The molecule has 4 fully saturated rings. The highest BCUT2D eigenvalue weighted by Gasteiger charge is 2.52. The van der Waals surface area contributed by atoms with Crippen LogP contribution < -0.4 is 0 Å². The average Bonchev–Trinajstić information content (AvgIpc) is 2.19. The Balaban J connectivity index is 2.07. The minimum atomic E-state index is -0.0184. The van der Waals surface area contributed by atoms with Crippen LogP contribution in [0.25, 0.3) is 0 Å². The third kappa shape index (κ3) is 1.69. The fraction of sp³-hybridized carbons (Fsp3) is 0.750. The Morgan fingerprint density at radius 3 is 1.89 bits per heavy atom. The molecule has 2 atom stereocenters. The summed E-state index contributed by atoms with van der Waals surface area (Å²) in [5, 5.41) is 0. The van der Waals surface area contributed by atoms with Gasteiger partial charge in [-0.3, -0.25) is 9.59 Å². The van der Waals surface area contributed by atoms with Crippen LogP contribution in [-0.2, 0) is 9.59 Å². The van der Waals surface area contributed by atoms with E-state index in [2.05, 4.69) is 6.92 Å². The predicted octanol–water partition coefficient (Wildman–Crippen LogP) is 3.31. The molecule has 0 aromatic carbocycles. The molecule has 0 amide bonds. The summed E-state index contributed by atoms with van der Waals surface area (Å²) in [7, 11) is 0. The van der Waals surface area contributed by atoms with Crippen molar-refractivity contribution in [3.8, 4) is 0 Å². The van der Waals surface area contributed by atoms with E-state index in [-0.39, 0.29) is 11.6 Å². The minimum absolute atomic E-state index is 0.0184. The first-order valence-corrected chi connectivity index (χ1v) is 7.15. The highest BCUT2D eigenvalue weighted by molar-refractivity contribution is 6.19. The number of allylic oxidation sites excluding steroid dienone is 2. The maximum absolute atomic E-state index is 11.8. The van der Waals surface area contributed by atoms with Gasteiger partial charge in [0.25, 0.3) is 0 Å². The molecule has 2 heteroatoms. The normalized spacial score (nSPS) is 41.1. The smallest absolute Gasteiger partial charge is 0.163 e. The summed E-state index contributed by atoms with van der Waals surface area (Å²) < 4.78 is 0. The summed E-state index contributed by atoms with van der Waals surface area (Å²) in [5.41, 5.74) is 2.27. The predicted molar refractivity (Wildman–Crippen MR) is 70.1 cm³/mol. The van der Waals surface area contributed by atoms with Crippen molar-refractivity contribution in [2.24, 2.45) is 23.2 Å². The zero-order valence-electron chi connectivity index (χ0n) is 11.6. The molecule has 4 aliphatic carbocycles. The van der Waals surface area contributed by atoms with E-state index in [0.29, 0.717) is 22.8 Å². The first kappa shape index (κ1) is 12.1. The van der Waals surface area contributed by atoms with Crippen molar-refractivity contribution in [1.82, 2.24) is 0 Å². The van der Waals surface area contributed by atoms with Gasteiger partial charge in [0.15, 0.2) is 11.6 Å². The van der Waals surface area contributed by atoms with Crippen molar-refractivity contribution in [2.75, 3.05) is 0 Å². The van der Waals surface area contributed by atoms with E-state index in [1.165, 1.54) is 37.7 Å². The third-order valence-corrected chi connectivity index (χ3v) is 5.37.